The molecule has 0 amide bonds. The van der Waals surface area contributed by atoms with Crippen LogP contribution < -0.4 is 11.1 Å². The number of nitrogens with zero attached hydrogens (tertiary/aromatic N) is 3. The van der Waals surface area contributed by atoms with Gasteiger partial charge in [0, 0.05) is 35.7 Å². The fraction of sp³-hybridized carbons (Fsp3) is 0.389. The first-order valence-corrected chi connectivity index (χ1v) is 8.69. The predicted molar refractivity (Wildman–Crippen MR) is 98.0 cm³/mol. The molecule has 2 aromatic heterocycles. The van der Waals surface area contributed by atoms with E-state index in [0.717, 1.165) is 47.2 Å². The van der Waals surface area contributed by atoms with Crippen molar-refractivity contribution in [2.75, 3.05) is 17.7 Å². The van der Waals surface area contributed by atoms with Gasteiger partial charge in [0.2, 0.25) is 5.95 Å². The van der Waals surface area contributed by atoms with Gasteiger partial charge in [-0.15, -0.1) is 0 Å². The summed E-state index contributed by atoms with van der Waals surface area (Å²) in [6.45, 7) is 0.195. The number of anilines is 2. The first-order chi connectivity index (χ1) is 12.2. The molecule has 1 fully saturated rings. The summed E-state index contributed by atoms with van der Waals surface area (Å²) in [7, 11) is 0. The van der Waals surface area contributed by atoms with Crippen molar-refractivity contribution < 1.29 is 5.11 Å². The van der Waals surface area contributed by atoms with Gasteiger partial charge in [-0.25, -0.2) is 4.98 Å². The summed E-state index contributed by atoms with van der Waals surface area (Å²) in [6.07, 6.45) is 6.12. The van der Waals surface area contributed by atoms with Crippen LogP contribution in [0.3, 0.4) is 0 Å². The molecule has 7 heteroatoms. The lowest BCUT2D eigenvalue weighted by atomic mass is 9.85. The Morgan fingerprint density at radius 2 is 2.08 bits per heavy atom. The van der Waals surface area contributed by atoms with Gasteiger partial charge in [0.1, 0.15) is 5.82 Å². The van der Waals surface area contributed by atoms with Crippen LogP contribution in [0.1, 0.15) is 25.7 Å². The molecule has 2 atom stereocenters. The molecule has 0 aliphatic heterocycles. The van der Waals surface area contributed by atoms with E-state index in [2.05, 4.69) is 25.5 Å². The molecular formula is C18H22N6O. The van der Waals surface area contributed by atoms with Crippen molar-refractivity contribution in [3.63, 3.8) is 0 Å². The molecule has 0 spiro atoms. The molecule has 1 saturated carbocycles. The highest BCUT2D eigenvalue weighted by Crippen LogP contribution is 2.31. The molecule has 25 heavy (non-hydrogen) atoms. The molecule has 1 aliphatic rings. The molecule has 0 saturated heterocycles. The van der Waals surface area contributed by atoms with Crippen molar-refractivity contribution in [2.24, 2.45) is 5.92 Å². The van der Waals surface area contributed by atoms with Crippen LogP contribution in [0.5, 0.6) is 0 Å². The predicted octanol–water partition coefficient (Wildman–Crippen LogP) is 2.57. The number of aromatic amines is 1. The first kappa shape index (κ1) is 15.8. The van der Waals surface area contributed by atoms with Crippen LogP contribution in [0, 0.1) is 5.92 Å². The number of hydrogen-bond acceptors (Lipinski definition) is 6. The Kier molecular flexibility index (Phi) is 4.23. The zero-order chi connectivity index (χ0) is 17.2. The second kappa shape index (κ2) is 6.68. The monoisotopic (exact) mass is 338 g/mol. The third kappa shape index (κ3) is 3.15. The van der Waals surface area contributed by atoms with Gasteiger partial charge in [0.15, 0.2) is 0 Å². The van der Waals surface area contributed by atoms with E-state index >= 15 is 0 Å². The summed E-state index contributed by atoms with van der Waals surface area (Å²) in [5.41, 5.74) is 8.66. The van der Waals surface area contributed by atoms with Gasteiger partial charge in [-0.2, -0.15) is 10.1 Å². The van der Waals surface area contributed by atoms with Crippen LogP contribution in [0.15, 0.2) is 30.5 Å². The molecule has 0 radical (unpaired) electrons. The van der Waals surface area contributed by atoms with Gasteiger partial charge in [0.25, 0.3) is 0 Å². The number of benzene rings is 1. The zero-order valence-electron chi connectivity index (χ0n) is 13.9. The number of aromatic nitrogens is 4. The number of H-pyrrole nitrogens is 1. The highest BCUT2D eigenvalue weighted by Gasteiger charge is 2.25. The van der Waals surface area contributed by atoms with E-state index < -0.39 is 0 Å². The van der Waals surface area contributed by atoms with E-state index in [0.29, 0.717) is 0 Å². The van der Waals surface area contributed by atoms with Crippen LogP contribution in [0.4, 0.5) is 11.8 Å². The maximum absolute atomic E-state index is 9.64. The number of hydrogen-bond donors (Lipinski definition) is 4. The smallest absolute Gasteiger partial charge is 0.222 e. The molecule has 0 bridgehead atoms. The summed E-state index contributed by atoms with van der Waals surface area (Å²) in [6, 6.07) is 8.13. The Morgan fingerprint density at radius 3 is 2.88 bits per heavy atom. The molecule has 2 heterocycles. The minimum absolute atomic E-state index is 0.195. The lowest BCUT2D eigenvalue weighted by Crippen LogP contribution is -2.34. The normalized spacial score (nSPS) is 20.7. The average molecular weight is 338 g/mol. The van der Waals surface area contributed by atoms with Crippen molar-refractivity contribution in [2.45, 2.75) is 31.7 Å². The number of rotatable bonds is 4. The third-order valence-electron chi connectivity index (χ3n) is 4.99. The molecular weight excluding hydrogens is 316 g/mol. The maximum atomic E-state index is 9.64. The minimum Gasteiger partial charge on any atom is -0.396 e. The molecule has 3 aromatic rings. The SMILES string of the molecule is Nc1nc(N[C@H]2CCCC[C@H]2CO)c2ccc(-c3ccn[nH]3)cc2n1. The van der Waals surface area contributed by atoms with Gasteiger partial charge in [-0.1, -0.05) is 18.9 Å². The van der Waals surface area contributed by atoms with Crippen LogP contribution in [-0.4, -0.2) is 37.9 Å². The average Bonchev–Trinajstić information content (AvgIpc) is 3.16. The molecule has 5 N–H and O–H groups in total. The van der Waals surface area contributed by atoms with Gasteiger partial charge >= 0.3 is 0 Å². The highest BCUT2D eigenvalue weighted by molar-refractivity contribution is 5.92. The fourth-order valence-corrected chi connectivity index (χ4v) is 3.63. The molecule has 1 aromatic carbocycles. The number of nitrogens with two attached hydrogens (primary N) is 1. The number of fused-ring (bicyclic) bond motifs is 1. The number of nitrogen functional groups attached to an aromatic ring is 1. The quantitative estimate of drug-likeness (QED) is 0.581. The number of aliphatic hydroxyl groups is 1. The van der Waals surface area contributed by atoms with E-state index in [1.54, 1.807) is 6.20 Å². The third-order valence-corrected chi connectivity index (χ3v) is 4.99. The van der Waals surface area contributed by atoms with Gasteiger partial charge in [-0.3, -0.25) is 5.10 Å². The second-order valence-electron chi connectivity index (χ2n) is 6.61. The summed E-state index contributed by atoms with van der Waals surface area (Å²) in [4.78, 5) is 8.79. The Hall–Kier alpha value is -2.67. The molecule has 4 rings (SSSR count). The summed E-state index contributed by atoms with van der Waals surface area (Å²) >= 11 is 0. The number of aliphatic hydroxyl groups excluding tert-OH is 1. The molecule has 7 nitrogen and oxygen atoms in total. The van der Waals surface area contributed by atoms with E-state index in [1.165, 1.54) is 6.42 Å². The van der Waals surface area contributed by atoms with E-state index in [1.807, 2.05) is 24.3 Å². The Balaban J connectivity index is 1.71. The topological polar surface area (TPSA) is 113 Å². The van der Waals surface area contributed by atoms with Crippen molar-refractivity contribution in [1.82, 2.24) is 20.2 Å². The standard InChI is InChI=1S/C18H22N6O/c19-18-22-16-9-11(15-7-8-20-24-15)5-6-13(16)17(23-18)21-14-4-2-1-3-12(14)10-25/h5-9,12,14,25H,1-4,10H2,(H,20,24)(H3,19,21,22,23)/t12-,14-/m0/s1. The van der Waals surface area contributed by atoms with Crippen LogP contribution in [0.2, 0.25) is 0 Å². The zero-order valence-corrected chi connectivity index (χ0v) is 13.9. The Morgan fingerprint density at radius 1 is 1.20 bits per heavy atom. The largest absolute Gasteiger partial charge is 0.396 e. The van der Waals surface area contributed by atoms with Gasteiger partial charge in [0.05, 0.1) is 11.2 Å². The van der Waals surface area contributed by atoms with Crippen molar-refractivity contribution in [3.8, 4) is 11.3 Å². The molecule has 130 valence electrons. The molecule has 0 unspecified atom stereocenters. The number of nitrogens with one attached hydrogen (secondary N) is 2. The summed E-state index contributed by atoms with van der Waals surface area (Å²) < 4.78 is 0. The van der Waals surface area contributed by atoms with Gasteiger partial charge < -0.3 is 16.2 Å². The van der Waals surface area contributed by atoms with Crippen molar-refractivity contribution >= 4 is 22.7 Å². The van der Waals surface area contributed by atoms with E-state index in [4.69, 9.17) is 5.73 Å². The van der Waals surface area contributed by atoms with Crippen molar-refractivity contribution in [1.29, 1.82) is 0 Å². The first-order valence-electron chi connectivity index (χ1n) is 8.69. The van der Waals surface area contributed by atoms with Crippen LogP contribution in [-0.2, 0) is 0 Å². The summed E-state index contributed by atoms with van der Waals surface area (Å²) in [5, 5.41) is 21.0. The fourth-order valence-electron chi connectivity index (χ4n) is 3.63. The van der Waals surface area contributed by atoms with Crippen LogP contribution in [0.25, 0.3) is 22.2 Å². The highest BCUT2D eigenvalue weighted by atomic mass is 16.3. The second-order valence-corrected chi connectivity index (χ2v) is 6.61. The van der Waals surface area contributed by atoms with Crippen molar-refractivity contribution in [3.05, 3.63) is 30.5 Å². The summed E-state index contributed by atoms with van der Waals surface area (Å²) in [5.74, 6) is 1.24. The van der Waals surface area contributed by atoms with E-state index in [9.17, 15) is 5.11 Å². The van der Waals surface area contributed by atoms with E-state index in [-0.39, 0.29) is 24.5 Å². The minimum atomic E-state index is 0.195. The van der Waals surface area contributed by atoms with Gasteiger partial charge in [-0.05, 0) is 31.0 Å². The lowest BCUT2D eigenvalue weighted by molar-refractivity contribution is 0.178. The maximum Gasteiger partial charge on any atom is 0.222 e. The molecule has 1 aliphatic carbocycles. The lowest BCUT2D eigenvalue weighted by Gasteiger charge is -2.31. The Labute approximate surface area is 145 Å². The Bertz CT molecular complexity index is 863. The van der Waals surface area contributed by atoms with Crippen LogP contribution >= 0.6 is 0 Å².